The lowest BCUT2D eigenvalue weighted by Gasteiger charge is -2.27. The molecule has 0 radical (unpaired) electrons. The van der Waals surface area contributed by atoms with Gasteiger partial charge in [-0.25, -0.2) is 0 Å². The number of nitrogen functional groups attached to an aromatic ring is 1. The molecule has 20 heavy (non-hydrogen) atoms. The van der Waals surface area contributed by atoms with Crippen LogP contribution in [-0.2, 0) is 0 Å². The van der Waals surface area contributed by atoms with Crippen molar-refractivity contribution in [3.63, 3.8) is 0 Å². The van der Waals surface area contributed by atoms with Crippen molar-refractivity contribution in [3.05, 3.63) is 48.3 Å². The smallest absolute Gasteiger partial charge is 0.143 e. The van der Waals surface area contributed by atoms with Gasteiger partial charge < -0.3 is 15.4 Å². The minimum Gasteiger partial charge on any atom is -0.495 e. The summed E-state index contributed by atoms with van der Waals surface area (Å²) >= 11 is 0. The zero-order chi connectivity index (χ0) is 13.9. The summed E-state index contributed by atoms with van der Waals surface area (Å²) in [6.07, 6.45) is 6.07. The van der Waals surface area contributed by atoms with E-state index in [1.165, 1.54) is 12.0 Å². The van der Waals surface area contributed by atoms with E-state index in [1.54, 1.807) is 7.11 Å². The number of pyridine rings is 1. The molecule has 1 aliphatic heterocycles. The molecule has 1 aromatic carbocycles. The topological polar surface area (TPSA) is 51.4 Å². The van der Waals surface area contributed by atoms with Gasteiger partial charge in [0.25, 0.3) is 0 Å². The maximum atomic E-state index is 5.89. The van der Waals surface area contributed by atoms with Gasteiger partial charge in [-0.2, -0.15) is 0 Å². The lowest BCUT2D eigenvalue weighted by molar-refractivity contribution is 0.417. The Kier molecular flexibility index (Phi) is 3.46. The fourth-order valence-electron chi connectivity index (χ4n) is 2.89. The molecule has 2 N–H and O–H groups in total. The lowest BCUT2D eigenvalue weighted by atomic mass is 10.1. The number of hydrogen-bond acceptors (Lipinski definition) is 4. The van der Waals surface area contributed by atoms with Crippen LogP contribution in [0.1, 0.15) is 24.4 Å². The molecule has 104 valence electrons. The van der Waals surface area contributed by atoms with E-state index in [-0.39, 0.29) is 0 Å². The first-order valence-corrected chi connectivity index (χ1v) is 6.89. The van der Waals surface area contributed by atoms with Crippen LogP contribution in [0.2, 0.25) is 0 Å². The predicted octanol–water partition coefficient (Wildman–Crippen LogP) is 3.01. The molecule has 1 saturated heterocycles. The zero-order valence-electron chi connectivity index (χ0n) is 11.6. The molecule has 1 fully saturated rings. The summed E-state index contributed by atoms with van der Waals surface area (Å²) < 4.78 is 5.32. The molecule has 1 unspecified atom stereocenters. The molecule has 3 rings (SSSR count). The summed E-state index contributed by atoms with van der Waals surface area (Å²) in [5.41, 5.74) is 9.04. The first-order valence-electron chi connectivity index (χ1n) is 6.89. The quantitative estimate of drug-likeness (QED) is 0.870. The Morgan fingerprint density at radius 1 is 1.25 bits per heavy atom. The Morgan fingerprint density at radius 2 is 2.05 bits per heavy atom. The van der Waals surface area contributed by atoms with Gasteiger partial charge in [0.2, 0.25) is 0 Å². The number of nitrogens with two attached hydrogens (primary N) is 1. The number of ether oxygens (including phenoxy) is 1. The van der Waals surface area contributed by atoms with Gasteiger partial charge in [-0.15, -0.1) is 0 Å². The average molecular weight is 269 g/mol. The number of aromatic nitrogens is 1. The molecule has 1 aromatic heterocycles. The second-order valence-corrected chi connectivity index (χ2v) is 5.06. The SMILES string of the molecule is COc1cc(N2CCCC2c2ccncc2)ccc1N. The second kappa shape index (κ2) is 5.41. The van der Waals surface area contributed by atoms with Gasteiger partial charge in [0.1, 0.15) is 5.75 Å². The van der Waals surface area contributed by atoms with Crippen molar-refractivity contribution < 1.29 is 4.74 Å². The van der Waals surface area contributed by atoms with Crippen LogP contribution in [0.3, 0.4) is 0 Å². The Bertz CT molecular complexity index is 586. The summed E-state index contributed by atoms with van der Waals surface area (Å²) in [6, 6.07) is 10.6. The van der Waals surface area contributed by atoms with Gasteiger partial charge in [-0.05, 0) is 42.7 Å². The highest BCUT2D eigenvalue weighted by Crippen LogP contribution is 2.38. The Hall–Kier alpha value is -2.23. The summed E-state index contributed by atoms with van der Waals surface area (Å²) in [5, 5.41) is 0. The van der Waals surface area contributed by atoms with E-state index < -0.39 is 0 Å². The first-order chi connectivity index (χ1) is 9.79. The fraction of sp³-hybridized carbons (Fsp3) is 0.312. The van der Waals surface area contributed by atoms with Crippen LogP contribution >= 0.6 is 0 Å². The van der Waals surface area contributed by atoms with Crippen molar-refractivity contribution in [2.45, 2.75) is 18.9 Å². The zero-order valence-corrected chi connectivity index (χ0v) is 11.6. The molecule has 0 spiro atoms. The number of nitrogens with zero attached hydrogens (tertiary/aromatic N) is 2. The Morgan fingerprint density at radius 3 is 2.80 bits per heavy atom. The predicted molar refractivity (Wildman–Crippen MR) is 81.0 cm³/mol. The average Bonchev–Trinajstić information content (AvgIpc) is 2.98. The lowest BCUT2D eigenvalue weighted by Crippen LogP contribution is -2.22. The first kappa shape index (κ1) is 12.8. The molecular weight excluding hydrogens is 250 g/mol. The molecule has 0 aliphatic carbocycles. The van der Waals surface area contributed by atoms with E-state index in [0.29, 0.717) is 11.7 Å². The number of anilines is 2. The number of methoxy groups -OCH3 is 1. The van der Waals surface area contributed by atoms with E-state index in [2.05, 4.69) is 28.1 Å². The van der Waals surface area contributed by atoms with Crippen LogP contribution in [0.15, 0.2) is 42.7 Å². The van der Waals surface area contributed by atoms with Crippen LogP contribution in [0.5, 0.6) is 5.75 Å². The third-order valence-electron chi connectivity index (χ3n) is 3.89. The maximum Gasteiger partial charge on any atom is 0.143 e. The normalized spacial score (nSPS) is 18.2. The van der Waals surface area contributed by atoms with Crippen molar-refractivity contribution in [1.82, 2.24) is 4.98 Å². The van der Waals surface area contributed by atoms with Crippen LogP contribution in [0.4, 0.5) is 11.4 Å². The molecule has 4 heteroatoms. The summed E-state index contributed by atoms with van der Waals surface area (Å²) in [7, 11) is 1.65. The molecule has 2 heterocycles. The highest BCUT2D eigenvalue weighted by Gasteiger charge is 2.26. The van der Waals surface area contributed by atoms with Crippen LogP contribution in [-0.4, -0.2) is 18.6 Å². The van der Waals surface area contributed by atoms with Crippen LogP contribution in [0.25, 0.3) is 0 Å². The van der Waals surface area contributed by atoms with Gasteiger partial charge in [0, 0.05) is 30.7 Å². The minimum absolute atomic E-state index is 0.409. The van der Waals surface area contributed by atoms with Crippen LogP contribution in [0, 0.1) is 0 Å². The van der Waals surface area contributed by atoms with E-state index in [0.717, 1.165) is 24.4 Å². The Labute approximate surface area is 119 Å². The molecule has 0 bridgehead atoms. The van der Waals surface area contributed by atoms with Gasteiger partial charge in [0.05, 0.1) is 18.8 Å². The third-order valence-corrected chi connectivity index (χ3v) is 3.89. The minimum atomic E-state index is 0.409. The van der Waals surface area contributed by atoms with Gasteiger partial charge >= 0.3 is 0 Å². The summed E-state index contributed by atoms with van der Waals surface area (Å²) in [6.45, 7) is 1.06. The van der Waals surface area contributed by atoms with E-state index in [4.69, 9.17) is 10.5 Å². The molecule has 0 saturated carbocycles. The van der Waals surface area contributed by atoms with Gasteiger partial charge in [-0.1, -0.05) is 0 Å². The summed E-state index contributed by atoms with van der Waals surface area (Å²) in [5.74, 6) is 0.739. The van der Waals surface area contributed by atoms with Gasteiger partial charge in [-0.3, -0.25) is 4.98 Å². The molecule has 0 amide bonds. The van der Waals surface area contributed by atoms with Crippen molar-refractivity contribution in [3.8, 4) is 5.75 Å². The molecule has 1 aliphatic rings. The van der Waals surface area contributed by atoms with E-state index >= 15 is 0 Å². The molecular formula is C16H19N3O. The molecule has 1 atom stereocenters. The second-order valence-electron chi connectivity index (χ2n) is 5.06. The van der Waals surface area contributed by atoms with Crippen LogP contribution < -0.4 is 15.4 Å². The number of benzene rings is 1. The highest BCUT2D eigenvalue weighted by molar-refractivity contribution is 5.63. The summed E-state index contributed by atoms with van der Waals surface area (Å²) in [4.78, 5) is 6.51. The van der Waals surface area contributed by atoms with E-state index in [1.807, 2.05) is 24.5 Å². The largest absolute Gasteiger partial charge is 0.495 e. The van der Waals surface area contributed by atoms with Crippen molar-refractivity contribution in [2.75, 3.05) is 24.3 Å². The van der Waals surface area contributed by atoms with Crippen molar-refractivity contribution in [2.24, 2.45) is 0 Å². The number of hydrogen-bond donors (Lipinski definition) is 1. The third kappa shape index (κ3) is 2.29. The van der Waals surface area contributed by atoms with Crippen molar-refractivity contribution in [1.29, 1.82) is 0 Å². The molecule has 2 aromatic rings. The highest BCUT2D eigenvalue weighted by atomic mass is 16.5. The fourth-order valence-corrected chi connectivity index (χ4v) is 2.89. The maximum absolute atomic E-state index is 5.89. The van der Waals surface area contributed by atoms with Crippen molar-refractivity contribution >= 4 is 11.4 Å². The molecule has 4 nitrogen and oxygen atoms in total. The standard InChI is InChI=1S/C16H19N3O/c1-20-16-11-13(4-5-14(16)17)19-10-2-3-15(19)12-6-8-18-9-7-12/h4-9,11,15H,2-3,10,17H2,1H3. The van der Waals surface area contributed by atoms with E-state index in [9.17, 15) is 0 Å². The number of rotatable bonds is 3. The monoisotopic (exact) mass is 269 g/mol. The Balaban J connectivity index is 1.93. The van der Waals surface area contributed by atoms with Gasteiger partial charge in [0.15, 0.2) is 0 Å².